The second-order valence-corrected chi connectivity index (χ2v) is 6.21. The highest BCUT2D eigenvalue weighted by molar-refractivity contribution is 7.13. The number of aromatic nitrogens is 3. The SMILES string of the molecule is CCNc1nc(-c2sccc2C)nc(N2CCCCC2)n1. The number of hydrogen-bond donors (Lipinski definition) is 1. The molecule has 0 spiro atoms. The van der Waals surface area contributed by atoms with Crippen molar-refractivity contribution in [2.75, 3.05) is 29.9 Å². The van der Waals surface area contributed by atoms with Crippen molar-refractivity contribution in [3.8, 4) is 10.7 Å². The molecule has 112 valence electrons. The van der Waals surface area contributed by atoms with E-state index < -0.39 is 0 Å². The van der Waals surface area contributed by atoms with E-state index in [1.165, 1.54) is 24.8 Å². The molecule has 0 bridgehead atoms. The summed E-state index contributed by atoms with van der Waals surface area (Å²) in [5.74, 6) is 2.27. The van der Waals surface area contributed by atoms with Crippen LogP contribution < -0.4 is 10.2 Å². The average Bonchev–Trinajstić information content (AvgIpc) is 2.94. The third kappa shape index (κ3) is 3.15. The van der Waals surface area contributed by atoms with Crippen molar-refractivity contribution in [3.63, 3.8) is 0 Å². The highest BCUT2D eigenvalue weighted by Crippen LogP contribution is 2.28. The minimum atomic E-state index is 0.677. The van der Waals surface area contributed by atoms with Gasteiger partial charge in [-0.1, -0.05) is 0 Å². The molecule has 2 aromatic heterocycles. The monoisotopic (exact) mass is 303 g/mol. The molecule has 0 aromatic carbocycles. The predicted molar refractivity (Wildman–Crippen MR) is 88.1 cm³/mol. The van der Waals surface area contributed by atoms with E-state index in [2.05, 4.69) is 45.5 Å². The Morgan fingerprint density at radius 3 is 2.67 bits per heavy atom. The zero-order chi connectivity index (χ0) is 14.7. The quantitative estimate of drug-likeness (QED) is 0.939. The number of hydrogen-bond acceptors (Lipinski definition) is 6. The molecular formula is C15H21N5S. The standard InChI is InChI=1S/C15H21N5S/c1-3-16-14-17-13(12-11(2)7-10-21-12)18-15(19-14)20-8-5-4-6-9-20/h7,10H,3-6,8-9H2,1-2H3,(H,16,17,18,19). The van der Waals surface area contributed by atoms with Gasteiger partial charge in [0, 0.05) is 19.6 Å². The highest BCUT2D eigenvalue weighted by Gasteiger charge is 2.17. The van der Waals surface area contributed by atoms with Crippen LogP contribution in [-0.4, -0.2) is 34.6 Å². The van der Waals surface area contributed by atoms with Crippen LogP contribution in [0.3, 0.4) is 0 Å². The van der Waals surface area contributed by atoms with Crippen LogP contribution in [-0.2, 0) is 0 Å². The summed E-state index contributed by atoms with van der Waals surface area (Å²) in [6, 6.07) is 2.11. The van der Waals surface area contributed by atoms with Gasteiger partial charge in [0.1, 0.15) is 0 Å². The molecule has 21 heavy (non-hydrogen) atoms. The molecule has 0 aliphatic carbocycles. The van der Waals surface area contributed by atoms with Crippen molar-refractivity contribution in [2.24, 2.45) is 0 Å². The fourth-order valence-electron chi connectivity index (χ4n) is 2.54. The summed E-state index contributed by atoms with van der Waals surface area (Å²) >= 11 is 1.69. The summed E-state index contributed by atoms with van der Waals surface area (Å²) < 4.78 is 0. The third-order valence-electron chi connectivity index (χ3n) is 3.66. The van der Waals surface area contributed by atoms with Gasteiger partial charge >= 0.3 is 0 Å². The fourth-order valence-corrected chi connectivity index (χ4v) is 3.40. The smallest absolute Gasteiger partial charge is 0.230 e. The van der Waals surface area contributed by atoms with Crippen molar-refractivity contribution in [2.45, 2.75) is 33.1 Å². The van der Waals surface area contributed by atoms with Crippen molar-refractivity contribution in [1.29, 1.82) is 0 Å². The van der Waals surface area contributed by atoms with Gasteiger partial charge in [0.15, 0.2) is 5.82 Å². The van der Waals surface area contributed by atoms with E-state index in [0.717, 1.165) is 36.3 Å². The second-order valence-electron chi connectivity index (χ2n) is 5.29. The first-order valence-electron chi connectivity index (χ1n) is 7.57. The summed E-state index contributed by atoms with van der Waals surface area (Å²) in [5, 5.41) is 5.31. The number of piperidine rings is 1. The molecule has 0 atom stereocenters. The van der Waals surface area contributed by atoms with Crippen LogP contribution in [0.5, 0.6) is 0 Å². The van der Waals surface area contributed by atoms with Gasteiger partial charge < -0.3 is 10.2 Å². The Bertz CT molecular complexity index is 604. The number of aryl methyl sites for hydroxylation is 1. The number of nitrogens with zero attached hydrogens (tertiary/aromatic N) is 4. The molecule has 3 rings (SSSR count). The maximum atomic E-state index is 4.72. The van der Waals surface area contributed by atoms with Crippen molar-refractivity contribution in [1.82, 2.24) is 15.0 Å². The number of thiophene rings is 1. The van der Waals surface area contributed by atoms with Crippen molar-refractivity contribution < 1.29 is 0 Å². The summed E-state index contributed by atoms with van der Waals surface area (Å²) in [5.41, 5.74) is 1.22. The lowest BCUT2D eigenvalue weighted by molar-refractivity contribution is 0.568. The first-order chi connectivity index (χ1) is 10.3. The van der Waals surface area contributed by atoms with Crippen LogP contribution in [0.4, 0.5) is 11.9 Å². The van der Waals surface area contributed by atoms with Gasteiger partial charge in [-0.15, -0.1) is 11.3 Å². The van der Waals surface area contributed by atoms with E-state index in [4.69, 9.17) is 4.98 Å². The van der Waals surface area contributed by atoms with E-state index in [1.54, 1.807) is 11.3 Å². The Morgan fingerprint density at radius 2 is 2.00 bits per heavy atom. The van der Waals surface area contributed by atoms with Crippen LogP contribution in [0.15, 0.2) is 11.4 Å². The summed E-state index contributed by atoms with van der Waals surface area (Å²) in [6.45, 7) is 7.05. The van der Waals surface area contributed by atoms with E-state index in [0.29, 0.717) is 5.95 Å². The summed E-state index contributed by atoms with van der Waals surface area (Å²) in [6.07, 6.45) is 3.74. The van der Waals surface area contributed by atoms with E-state index in [9.17, 15) is 0 Å². The lowest BCUT2D eigenvalue weighted by atomic mass is 10.1. The molecule has 1 aliphatic heterocycles. The zero-order valence-corrected chi connectivity index (χ0v) is 13.4. The number of rotatable bonds is 4. The lowest BCUT2D eigenvalue weighted by Gasteiger charge is -2.27. The molecule has 0 radical (unpaired) electrons. The topological polar surface area (TPSA) is 53.9 Å². The van der Waals surface area contributed by atoms with Crippen LogP contribution in [0, 0.1) is 6.92 Å². The van der Waals surface area contributed by atoms with E-state index in [-0.39, 0.29) is 0 Å². The minimum absolute atomic E-state index is 0.677. The van der Waals surface area contributed by atoms with Gasteiger partial charge in [-0.25, -0.2) is 0 Å². The lowest BCUT2D eigenvalue weighted by Crippen LogP contribution is -2.31. The van der Waals surface area contributed by atoms with Crippen LogP contribution in [0.25, 0.3) is 10.7 Å². The molecular weight excluding hydrogens is 282 g/mol. The van der Waals surface area contributed by atoms with Crippen molar-refractivity contribution >= 4 is 23.2 Å². The average molecular weight is 303 g/mol. The second kappa shape index (κ2) is 6.39. The van der Waals surface area contributed by atoms with Gasteiger partial charge in [0.25, 0.3) is 0 Å². The first kappa shape index (κ1) is 14.3. The highest BCUT2D eigenvalue weighted by atomic mass is 32.1. The Labute approximate surface area is 129 Å². The Morgan fingerprint density at radius 1 is 1.19 bits per heavy atom. The van der Waals surface area contributed by atoms with Gasteiger partial charge in [0.2, 0.25) is 11.9 Å². The third-order valence-corrected chi connectivity index (χ3v) is 4.68. The minimum Gasteiger partial charge on any atom is -0.354 e. The molecule has 3 heterocycles. The Kier molecular flexibility index (Phi) is 4.34. The van der Waals surface area contributed by atoms with Gasteiger partial charge in [-0.05, 0) is 50.1 Å². The molecule has 1 fully saturated rings. The molecule has 1 N–H and O–H groups in total. The van der Waals surface area contributed by atoms with Crippen molar-refractivity contribution in [3.05, 3.63) is 17.0 Å². The Hall–Kier alpha value is -1.69. The molecule has 0 saturated carbocycles. The number of nitrogens with one attached hydrogen (secondary N) is 1. The van der Waals surface area contributed by atoms with Crippen LogP contribution in [0.2, 0.25) is 0 Å². The predicted octanol–water partition coefficient (Wildman–Crippen LogP) is 3.33. The molecule has 1 aliphatic rings. The Balaban J connectivity index is 1.99. The summed E-state index contributed by atoms with van der Waals surface area (Å²) in [4.78, 5) is 17.3. The maximum absolute atomic E-state index is 4.72. The van der Waals surface area contributed by atoms with Gasteiger partial charge in [-0.2, -0.15) is 15.0 Å². The molecule has 1 saturated heterocycles. The molecule has 5 nitrogen and oxygen atoms in total. The molecule has 0 unspecified atom stereocenters. The summed E-state index contributed by atoms with van der Waals surface area (Å²) in [7, 11) is 0. The fraction of sp³-hybridized carbons (Fsp3) is 0.533. The van der Waals surface area contributed by atoms with Crippen LogP contribution in [0.1, 0.15) is 31.7 Å². The van der Waals surface area contributed by atoms with Gasteiger partial charge in [0.05, 0.1) is 4.88 Å². The normalized spacial score (nSPS) is 15.2. The molecule has 0 amide bonds. The van der Waals surface area contributed by atoms with Crippen LogP contribution >= 0.6 is 11.3 Å². The van der Waals surface area contributed by atoms with E-state index in [1.807, 2.05) is 0 Å². The zero-order valence-electron chi connectivity index (χ0n) is 12.6. The largest absolute Gasteiger partial charge is 0.354 e. The maximum Gasteiger partial charge on any atom is 0.230 e. The molecule has 2 aromatic rings. The number of anilines is 2. The first-order valence-corrected chi connectivity index (χ1v) is 8.45. The van der Waals surface area contributed by atoms with E-state index >= 15 is 0 Å². The van der Waals surface area contributed by atoms with Gasteiger partial charge in [-0.3, -0.25) is 0 Å². The molecule has 6 heteroatoms.